The minimum absolute atomic E-state index is 0.0579. The molecule has 0 radical (unpaired) electrons. The van der Waals surface area contributed by atoms with Gasteiger partial charge in [0.1, 0.15) is 5.75 Å². The van der Waals surface area contributed by atoms with Crippen molar-refractivity contribution in [2.75, 3.05) is 26.8 Å². The summed E-state index contributed by atoms with van der Waals surface area (Å²) in [5.74, 6) is 0.607. The van der Waals surface area contributed by atoms with Crippen LogP contribution in [0.4, 0.5) is 0 Å². The second-order valence-corrected chi connectivity index (χ2v) is 8.08. The maximum absolute atomic E-state index is 12.9. The van der Waals surface area contributed by atoms with Crippen LogP contribution in [-0.4, -0.2) is 44.7 Å². The summed E-state index contributed by atoms with van der Waals surface area (Å²) in [4.78, 5) is 4.90. The zero-order chi connectivity index (χ0) is 19.3. The smallest absolute Gasteiger partial charge is 0.243 e. The largest absolute Gasteiger partial charge is 0.497 e. The van der Waals surface area contributed by atoms with Gasteiger partial charge >= 0.3 is 0 Å². The molecule has 0 amide bonds. The second-order valence-electron chi connectivity index (χ2n) is 6.14. The molecule has 0 saturated heterocycles. The van der Waals surface area contributed by atoms with Gasteiger partial charge in [0.2, 0.25) is 10.0 Å². The van der Waals surface area contributed by atoms with Crippen molar-refractivity contribution in [2.24, 2.45) is 0 Å². The summed E-state index contributed by atoms with van der Waals surface area (Å²) in [6.45, 7) is 2.84. The van der Waals surface area contributed by atoms with Crippen LogP contribution in [0.3, 0.4) is 0 Å². The van der Waals surface area contributed by atoms with Crippen molar-refractivity contribution in [1.29, 1.82) is 0 Å². The average Bonchev–Trinajstić information content (AvgIpc) is 2.65. The Morgan fingerprint density at radius 3 is 2.19 bits per heavy atom. The number of ether oxygens (including phenoxy) is 1. The second kappa shape index (κ2) is 13.1. The molecule has 1 rings (SSSR count). The van der Waals surface area contributed by atoms with Crippen LogP contribution in [0, 0.1) is 0 Å². The first-order chi connectivity index (χ1) is 12.6. The molecule has 0 spiro atoms. The Hall–Kier alpha value is -1.19. The van der Waals surface area contributed by atoms with Gasteiger partial charge in [0.05, 0.1) is 18.6 Å². The van der Waals surface area contributed by atoms with Gasteiger partial charge < -0.3 is 4.74 Å². The topological polar surface area (TPSA) is 88.1 Å². The van der Waals surface area contributed by atoms with Gasteiger partial charge in [-0.3, -0.25) is 10.0 Å². The molecule has 0 aliphatic heterocycles. The van der Waals surface area contributed by atoms with Gasteiger partial charge in [-0.05, 0) is 30.7 Å². The van der Waals surface area contributed by atoms with E-state index < -0.39 is 10.0 Å². The highest BCUT2D eigenvalue weighted by molar-refractivity contribution is 7.89. The van der Waals surface area contributed by atoms with Crippen molar-refractivity contribution >= 4 is 10.0 Å². The number of benzene rings is 1. The van der Waals surface area contributed by atoms with Crippen LogP contribution in [0.1, 0.15) is 51.9 Å². The van der Waals surface area contributed by atoms with Gasteiger partial charge in [0, 0.05) is 13.1 Å². The quantitative estimate of drug-likeness (QED) is 0.354. The van der Waals surface area contributed by atoms with E-state index in [1.165, 1.54) is 49.2 Å². The van der Waals surface area contributed by atoms with E-state index in [0.29, 0.717) is 12.3 Å². The minimum atomic E-state index is -3.62. The summed E-state index contributed by atoms with van der Waals surface area (Å²) in [5, 5.41) is 8.52. The summed E-state index contributed by atoms with van der Waals surface area (Å²) < 4.78 is 32.2. The molecular formula is C18H32N2O5S. The van der Waals surface area contributed by atoms with Gasteiger partial charge in [-0.2, -0.15) is 4.31 Å². The Balaban J connectivity index is 2.64. The zero-order valence-electron chi connectivity index (χ0n) is 15.8. The molecule has 0 aromatic heterocycles. The highest BCUT2D eigenvalue weighted by atomic mass is 32.2. The van der Waals surface area contributed by atoms with Crippen molar-refractivity contribution in [1.82, 2.24) is 9.95 Å². The number of unbranched alkanes of at least 4 members (excludes halogenated alkanes) is 6. The van der Waals surface area contributed by atoms with Crippen molar-refractivity contribution in [2.45, 2.75) is 56.8 Å². The van der Waals surface area contributed by atoms with E-state index in [-0.39, 0.29) is 18.0 Å². The molecule has 0 heterocycles. The Kier molecular flexibility index (Phi) is 11.5. The predicted octanol–water partition coefficient (Wildman–Crippen LogP) is 3.35. The Morgan fingerprint density at radius 1 is 1.00 bits per heavy atom. The maximum Gasteiger partial charge on any atom is 0.243 e. The summed E-state index contributed by atoms with van der Waals surface area (Å²) in [5.41, 5.74) is 1.59. The summed E-state index contributed by atoms with van der Waals surface area (Å²) in [6, 6.07) is 6.34. The predicted molar refractivity (Wildman–Crippen MR) is 101 cm³/mol. The van der Waals surface area contributed by atoms with Crippen LogP contribution in [0.25, 0.3) is 0 Å². The normalized spacial score (nSPS) is 11.8. The number of nitrogens with zero attached hydrogens (tertiary/aromatic N) is 1. The van der Waals surface area contributed by atoms with Gasteiger partial charge in [-0.1, -0.05) is 51.1 Å². The van der Waals surface area contributed by atoms with E-state index in [0.717, 1.165) is 19.3 Å². The standard InChI is InChI=1S/C18H32N2O5S/c1-3-4-5-6-7-8-9-14-20(15-16-25-19-21)26(22,23)18-12-10-17(24-2)11-13-18/h10-13,19,21H,3-9,14-16H2,1-2H3. The lowest BCUT2D eigenvalue weighted by Gasteiger charge is -2.22. The number of methoxy groups -OCH3 is 1. The van der Waals surface area contributed by atoms with Gasteiger partial charge in [-0.15, -0.1) is 0 Å². The average molecular weight is 389 g/mol. The molecule has 0 aliphatic carbocycles. The number of hydrogen-bond donors (Lipinski definition) is 2. The first kappa shape index (κ1) is 22.9. The van der Waals surface area contributed by atoms with Gasteiger partial charge in [0.15, 0.2) is 0 Å². The molecular weight excluding hydrogens is 356 g/mol. The highest BCUT2D eigenvalue weighted by Crippen LogP contribution is 2.20. The number of nitrogens with one attached hydrogen (secondary N) is 1. The Bertz CT molecular complexity index is 578. The lowest BCUT2D eigenvalue weighted by Crippen LogP contribution is -2.35. The van der Waals surface area contributed by atoms with E-state index in [2.05, 4.69) is 11.8 Å². The first-order valence-electron chi connectivity index (χ1n) is 9.21. The number of sulfonamides is 1. The Morgan fingerprint density at radius 2 is 1.62 bits per heavy atom. The van der Waals surface area contributed by atoms with Crippen molar-refractivity contribution < 1.29 is 23.2 Å². The molecule has 2 N–H and O–H groups in total. The van der Waals surface area contributed by atoms with E-state index in [9.17, 15) is 8.42 Å². The van der Waals surface area contributed by atoms with Crippen molar-refractivity contribution in [3.63, 3.8) is 0 Å². The molecule has 0 fully saturated rings. The fraction of sp³-hybridized carbons (Fsp3) is 0.667. The van der Waals surface area contributed by atoms with Crippen molar-refractivity contribution in [3.8, 4) is 5.75 Å². The fourth-order valence-electron chi connectivity index (χ4n) is 2.69. The molecule has 7 nitrogen and oxygen atoms in total. The van der Waals surface area contributed by atoms with E-state index in [4.69, 9.17) is 9.94 Å². The summed E-state index contributed by atoms with van der Waals surface area (Å²) >= 11 is 0. The maximum atomic E-state index is 12.9. The van der Waals surface area contributed by atoms with Crippen LogP contribution >= 0.6 is 0 Å². The molecule has 0 bridgehead atoms. The molecule has 1 aromatic carbocycles. The van der Waals surface area contributed by atoms with E-state index in [1.807, 2.05) is 0 Å². The molecule has 0 saturated carbocycles. The number of hydrogen-bond acceptors (Lipinski definition) is 6. The van der Waals surface area contributed by atoms with E-state index >= 15 is 0 Å². The van der Waals surface area contributed by atoms with Crippen LogP contribution in [0.5, 0.6) is 5.75 Å². The molecule has 0 unspecified atom stereocenters. The lowest BCUT2D eigenvalue weighted by molar-refractivity contribution is -0.127. The van der Waals surface area contributed by atoms with Crippen LogP contribution < -0.4 is 10.4 Å². The van der Waals surface area contributed by atoms with Crippen LogP contribution in [-0.2, 0) is 14.9 Å². The third kappa shape index (κ3) is 8.01. The third-order valence-corrected chi connectivity index (χ3v) is 6.13. The van der Waals surface area contributed by atoms with Crippen LogP contribution in [0.2, 0.25) is 0 Å². The number of rotatable bonds is 15. The monoisotopic (exact) mass is 388 g/mol. The molecule has 0 atom stereocenters. The molecule has 0 aliphatic rings. The minimum Gasteiger partial charge on any atom is -0.497 e. The molecule has 8 heteroatoms. The third-order valence-electron chi connectivity index (χ3n) is 4.22. The lowest BCUT2D eigenvalue weighted by atomic mass is 10.1. The summed E-state index contributed by atoms with van der Waals surface area (Å²) in [7, 11) is -2.08. The van der Waals surface area contributed by atoms with Gasteiger partial charge in [-0.25, -0.2) is 8.42 Å². The van der Waals surface area contributed by atoms with Crippen molar-refractivity contribution in [3.05, 3.63) is 24.3 Å². The van der Waals surface area contributed by atoms with Crippen LogP contribution in [0.15, 0.2) is 29.2 Å². The molecule has 1 aromatic rings. The Labute approximate surface area is 157 Å². The molecule has 26 heavy (non-hydrogen) atoms. The zero-order valence-corrected chi connectivity index (χ0v) is 16.6. The fourth-order valence-corrected chi connectivity index (χ4v) is 4.15. The van der Waals surface area contributed by atoms with Gasteiger partial charge in [0.25, 0.3) is 0 Å². The highest BCUT2D eigenvalue weighted by Gasteiger charge is 2.24. The first-order valence-corrected chi connectivity index (χ1v) is 10.6. The summed E-state index contributed by atoms with van der Waals surface area (Å²) in [6.07, 6.45) is 7.81. The molecule has 150 valence electrons. The van der Waals surface area contributed by atoms with E-state index in [1.54, 1.807) is 17.8 Å². The SMILES string of the molecule is CCCCCCCCCN(CCONO)S(=O)(=O)c1ccc(OC)cc1.